The molecule has 21 heavy (non-hydrogen) atoms. The Hall–Kier alpha value is -1.65. The summed E-state index contributed by atoms with van der Waals surface area (Å²) in [7, 11) is 3.33. The molecule has 0 spiro atoms. The smallest absolute Gasteiger partial charge is 0.120 e. The van der Waals surface area contributed by atoms with E-state index in [1.54, 1.807) is 31.3 Å². The van der Waals surface area contributed by atoms with Crippen LogP contribution in [0.4, 0.5) is 0 Å². The standard InChI is InChI=1S/C15H22N2O4/c1-17(8-13(18)10-20-2)9-14(19)11-21-15-5-3-4-12(6-15)7-16/h3-6,13-14,18-19H,8-11H2,1-2H3. The lowest BCUT2D eigenvalue weighted by atomic mass is 10.2. The van der Waals surface area contributed by atoms with Crippen LogP contribution in [0, 0.1) is 11.3 Å². The van der Waals surface area contributed by atoms with Crippen molar-refractivity contribution in [2.75, 3.05) is 40.5 Å². The van der Waals surface area contributed by atoms with Gasteiger partial charge < -0.3 is 24.6 Å². The minimum Gasteiger partial charge on any atom is -0.491 e. The van der Waals surface area contributed by atoms with E-state index in [9.17, 15) is 10.2 Å². The van der Waals surface area contributed by atoms with E-state index >= 15 is 0 Å². The molecule has 0 saturated heterocycles. The summed E-state index contributed by atoms with van der Waals surface area (Å²) in [5, 5.41) is 28.3. The first-order valence-electron chi connectivity index (χ1n) is 6.71. The fourth-order valence-electron chi connectivity index (χ4n) is 1.94. The van der Waals surface area contributed by atoms with Crippen molar-refractivity contribution in [2.24, 2.45) is 0 Å². The lowest BCUT2D eigenvalue weighted by molar-refractivity contribution is 0.0243. The van der Waals surface area contributed by atoms with Crippen molar-refractivity contribution in [3.8, 4) is 11.8 Å². The van der Waals surface area contributed by atoms with Gasteiger partial charge in [-0.15, -0.1) is 0 Å². The lowest BCUT2D eigenvalue weighted by Gasteiger charge is -2.23. The van der Waals surface area contributed by atoms with Crippen LogP contribution in [0.2, 0.25) is 0 Å². The van der Waals surface area contributed by atoms with Crippen LogP contribution in [0.25, 0.3) is 0 Å². The Bertz CT molecular complexity index is 461. The number of aliphatic hydroxyl groups is 2. The molecule has 0 radical (unpaired) electrons. The van der Waals surface area contributed by atoms with Gasteiger partial charge in [-0.3, -0.25) is 0 Å². The van der Waals surface area contributed by atoms with Crippen molar-refractivity contribution in [1.82, 2.24) is 4.90 Å². The summed E-state index contributed by atoms with van der Waals surface area (Å²) in [5.74, 6) is 0.551. The first kappa shape index (κ1) is 17.4. The summed E-state index contributed by atoms with van der Waals surface area (Å²) in [6.45, 7) is 1.17. The van der Waals surface area contributed by atoms with Crippen molar-refractivity contribution in [2.45, 2.75) is 12.2 Å². The maximum atomic E-state index is 9.91. The topological polar surface area (TPSA) is 86.0 Å². The molecule has 6 heteroatoms. The summed E-state index contributed by atoms with van der Waals surface area (Å²) < 4.78 is 10.3. The number of hydrogen-bond donors (Lipinski definition) is 2. The number of rotatable bonds is 9. The van der Waals surface area contributed by atoms with Crippen LogP contribution in [0.5, 0.6) is 5.75 Å². The molecule has 0 saturated carbocycles. The third-order valence-corrected chi connectivity index (χ3v) is 2.81. The first-order valence-corrected chi connectivity index (χ1v) is 6.71. The number of likely N-dealkylation sites (N-methyl/N-ethyl adjacent to an activating group) is 1. The van der Waals surface area contributed by atoms with Gasteiger partial charge in [0.1, 0.15) is 18.5 Å². The molecule has 0 aliphatic rings. The zero-order chi connectivity index (χ0) is 15.7. The summed E-state index contributed by atoms with van der Waals surface area (Å²) in [4.78, 5) is 1.81. The molecule has 0 heterocycles. The number of nitrogens with zero attached hydrogens (tertiary/aromatic N) is 2. The maximum Gasteiger partial charge on any atom is 0.120 e. The van der Waals surface area contributed by atoms with E-state index in [0.29, 0.717) is 24.4 Å². The van der Waals surface area contributed by atoms with Crippen LogP contribution < -0.4 is 4.74 Å². The van der Waals surface area contributed by atoms with Gasteiger partial charge in [0, 0.05) is 20.2 Å². The average Bonchev–Trinajstić information content (AvgIpc) is 2.45. The van der Waals surface area contributed by atoms with E-state index < -0.39 is 12.2 Å². The average molecular weight is 294 g/mol. The predicted molar refractivity (Wildman–Crippen MR) is 78.0 cm³/mol. The van der Waals surface area contributed by atoms with E-state index in [2.05, 4.69) is 0 Å². The fourth-order valence-corrected chi connectivity index (χ4v) is 1.94. The number of hydrogen-bond acceptors (Lipinski definition) is 6. The van der Waals surface area contributed by atoms with Crippen molar-refractivity contribution >= 4 is 0 Å². The SMILES string of the molecule is COCC(O)CN(C)CC(O)COc1cccc(C#N)c1. The molecule has 0 bridgehead atoms. The van der Waals surface area contributed by atoms with Gasteiger partial charge >= 0.3 is 0 Å². The molecular weight excluding hydrogens is 272 g/mol. The molecule has 2 N–H and O–H groups in total. The number of benzene rings is 1. The molecular formula is C15H22N2O4. The summed E-state index contributed by atoms with van der Waals surface area (Å²) in [5.41, 5.74) is 0.516. The molecule has 1 rings (SSSR count). The van der Waals surface area contributed by atoms with Gasteiger partial charge in [0.05, 0.1) is 24.3 Å². The zero-order valence-electron chi connectivity index (χ0n) is 12.4. The number of nitriles is 1. The van der Waals surface area contributed by atoms with E-state index in [0.717, 1.165) is 0 Å². The van der Waals surface area contributed by atoms with Crippen LogP contribution in [0.1, 0.15) is 5.56 Å². The molecule has 6 nitrogen and oxygen atoms in total. The van der Waals surface area contributed by atoms with Crippen molar-refractivity contribution < 1.29 is 19.7 Å². The Kier molecular flexibility index (Phi) is 7.72. The highest BCUT2D eigenvalue weighted by atomic mass is 16.5. The highest BCUT2D eigenvalue weighted by Crippen LogP contribution is 2.12. The van der Waals surface area contributed by atoms with Gasteiger partial charge in [-0.2, -0.15) is 5.26 Å². The third kappa shape index (κ3) is 7.06. The molecule has 1 aromatic rings. The molecule has 116 valence electrons. The Balaban J connectivity index is 2.33. The van der Waals surface area contributed by atoms with Gasteiger partial charge in [0.2, 0.25) is 0 Å². The zero-order valence-corrected chi connectivity index (χ0v) is 12.4. The van der Waals surface area contributed by atoms with Crippen molar-refractivity contribution in [3.05, 3.63) is 29.8 Å². The monoisotopic (exact) mass is 294 g/mol. The van der Waals surface area contributed by atoms with Crippen molar-refractivity contribution in [1.29, 1.82) is 5.26 Å². The molecule has 0 aliphatic heterocycles. The summed E-state index contributed by atoms with van der Waals surface area (Å²) >= 11 is 0. The largest absolute Gasteiger partial charge is 0.491 e. The molecule has 0 fully saturated rings. The fraction of sp³-hybridized carbons (Fsp3) is 0.533. The summed E-state index contributed by atoms with van der Waals surface area (Å²) in [6.07, 6.45) is -1.27. The van der Waals surface area contributed by atoms with Gasteiger partial charge in [-0.1, -0.05) is 6.07 Å². The van der Waals surface area contributed by atoms with Crippen LogP contribution in [-0.2, 0) is 4.74 Å². The first-order chi connectivity index (χ1) is 10.0. The third-order valence-electron chi connectivity index (χ3n) is 2.81. The van der Waals surface area contributed by atoms with Gasteiger partial charge in [-0.05, 0) is 25.2 Å². The number of aliphatic hydroxyl groups excluding tert-OH is 2. The molecule has 1 aromatic carbocycles. The Morgan fingerprint density at radius 3 is 2.52 bits per heavy atom. The summed E-state index contributed by atoms with van der Waals surface area (Å²) in [6, 6.07) is 8.81. The van der Waals surface area contributed by atoms with E-state index in [1.807, 2.05) is 11.0 Å². The second-order valence-corrected chi connectivity index (χ2v) is 4.93. The highest BCUT2D eigenvalue weighted by Gasteiger charge is 2.13. The Labute approximate surface area is 125 Å². The minimum absolute atomic E-state index is 0.125. The van der Waals surface area contributed by atoms with Gasteiger partial charge in [-0.25, -0.2) is 0 Å². The molecule has 0 aromatic heterocycles. The normalized spacial score (nSPS) is 13.7. The van der Waals surface area contributed by atoms with Crippen LogP contribution in [0.15, 0.2) is 24.3 Å². The van der Waals surface area contributed by atoms with Gasteiger partial charge in [0.25, 0.3) is 0 Å². The number of ether oxygens (including phenoxy) is 2. The highest BCUT2D eigenvalue weighted by molar-refractivity contribution is 5.36. The van der Waals surface area contributed by atoms with Gasteiger partial charge in [0.15, 0.2) is 0 Å². The molecule has 0 aliphatic carbocycles. The van der Waals surface area contributed by atoms with E-state index in [4.69, 9.17) is 14.7 Å². The maximum absolute atomic E-state index is 9.91. The Morgan fingerprint density at radius 2 is 1.90 bits per heavy atom. The Morgan fingerprint density at radius 1 is 1.24 bits per heavy atom. The van der Waals surface area contributed by atoms with Crippen molar-refractivity contribution in [3.63, 3.8) is 0 Å². The lowest BCUT2D eigenvalue weighted by Crippen LogP contribution is -2.38. The number of methoxy groups -OCH3 is 1. The van der Waals surface area contributed by atoms with Crippen LogP contribution in [-0.4, -0.2) is 67.8 Å². The van der Waals surface area contributed by atoms with E-state index in [-0.39, 0.29) is 13.2 Å². The quantitative estimate of drug-likeness (QED) is 0.678. The van der Waals surface area contributed by atoms with Crippen LogP contribution in [0.3, 0.4) is 0 Å². The minimum atomic E-state index is -0.685. The van der Waals surface area contributed by atoms with E-state index in [1.165, 1.54) is 7.11 Å². The second kappa shape index (κ2) is 9.32. The second-order valence-electron chi connectivity index (χ2n) is 4.93. The van der Waals surface area contributed by atoms with Crippen LogP contribution >= 0.6 is 0 Å². The molecule has 2 unspecified atom stereocenters. The predicted octanol–water partition coefficient (Wildman–Crippen LogP) is 0.237. The molecule has 2 atom stereocenters. The molecule has 0 amide bonds.